The second-order valence-electron chi connectivity index (χ2n) is 8.04. The van der Waals surface area contributed by atoms with Crippen molar-refractivity contribution in [1.29, 1.82) is 0 Å². The molecule has 142 valence electrons. The van der Waals surface area contributed by atoms with Crippen LogP contribution in [0, 0.1) is 0 Å². The van der Waals surface area contributed by atoms with Crippen molar-refractivity contribution in [3.63, 3.8) is 0 Å². The zero-order valence-corrected chi connectivity index (χ0v) is 15.5. The molecule has 0 amide bonds. The zero-order valence-electron chi connectivity index (χ0n) is 15.5. The molecule has 0 N–H and O–H groups in total. The molecule has 30 heavy (non-hydrogen) atoms. The normalized spacial score (nSPS) is 21.5. The largest absolute Gasteiger partial charge is 0.423 e. The van der Waals surface area contributed by atoms with Gasteiger partial charge in [0, 0.05) is 17.4 Å². The monoisotopic (exact) mass is 392 g/mol. The van der Waals surface area contributed by atoms with Gasteiger partial charge in [-0.2, -0.15) is 0 Å². The lowest BCUT2D eigenvalue weighted by atomic mass is 9.60. The fourth-order valence-electron chi connectivity index (χ4n) is 5.46. The maximum absolute atomic E-state index is 12.3. The molecule has 0 saturated heterocycles. The number of hydrogen-bond donors (Lipinski definition) is 0. The molecule has 5 nitrogen and oxygen atoms in total. The van der Waals surface area contributed by atoms with Crippen molar-refractivity contribution in [3.05, 3.63) is 111 Å². The Labute approximate surface area is 170 Å². The molecule has 5 heteroatoms. The third-order valence-corrected chi connectivity index (χ3v) is 6.67. The highest BCUT2D eigenvalue weighted by Gasteiger charge is 2.45. The summed E-state index contributed by atoms with van der Waals surface area (Å²) in [7, 11) is 0. The third-order valence-electron chi connectivity index (χ3n) is 6.67. The summed E-state index contributed by atoms with van der Waals surface area (Å²) in [5.74, 6) is -1.50. The molecule has 8 rings (SSSR count). The van der Waals surface area contributed by atoms with Crippen molar-refractivity contribution in [2.75, 3.05) is 0 Å². The number of fused-ring (bicyclic) bond motifs is 2. The van der Waals surface area contributed by atoms with Gasteiger partial charge in [0.25, 0.3) is 0 Å². The zero-order chi connectivity index (χ0) is 20.3. The van der Waals surface area contributed by atoms with Crippen molar-refractivity contribution in [2.24, 2.45) is 0 Å². The van der Waals surface area contributed by atoms with E-state index in [1.165, 1.54) is 0 Å². The van der Waals surface area contributed by atoms with Crippen LogP contribution in [0.3, 0.4) is 0 Å². The molecule has 0 saturated carbocycles. The molecule has 5 aliphatic rings. The minimum Gasteiger partial charge on any atom is -0.423 e. The smallest absolute Gasteiger partial charge is 0.346 e. The Morgan fingerprint density at radius 1 is 0.567 bits per heavy atom. The molecule has 2 unspecified atom stereocenters. The Morgan fingerprint density at radius 2 is 0.967 bits per heavy atom. The molecule has 0 radical (unpaired) electrons. The van der Waals surface area contributed by atoms with Crippen LogP contribution in [-0.4, -0.2) is 17.9 Å². The number of esters is 3. The van der Waals surface area contributed by atoms with E-state index in [1.54, 1.807) is 12.1 Å². The summed E-state index contributed by atoms with van der Waals surface area (Å²) in [4.78, 5) is 36.7. The average Bonchev–Trinajstić information content (AvgIpc) is 3.19. The minimum atomic E-state index is -0.610. The Balaban J connectivity index is 1.58. The summed E-state index contributed by atoms with van der Waals surface area (Å²) in [6.07, 6.45) is 0. The SMILES string of the molecule is C=C1OC(=O)c2cc3c(cc21)C1c2ccccc2C3c2cc3c(cc21)C(=O)OC3=O. The fraction of sp³-hybridized carbons (Fsp3) is 0.0800. The van der Waals surface area contributed by atoms with Crippen molar-refractivity contribution in [1.82, 2.24) is 0 Å². The van der Waals surface area contributed by atoms with E-state index in [0.717, 1.165) is 33.4 Å². The Bertz CT molecular complexity index is 1240. The van der Waals surface area contributed by atoms with Gasteiger partial charge in [-0.1, -0.05) is 30.8 Å². The van der Waals surface area contributed by atoms with Crippen molar-refractivity contribution in [2.45, 2.75) is 11.8 Å². The summed E-state index contributed by atoms with van der Waals surface area (Å²) < 4.78 is 10.1. The van der Waals surface area contributed by atoms with E-state index in [9.17, 15) is 14.4 Å². The lowest BCUT2D eigenvalue weighted by molar-refractivity contribution is 0.0443. The van der Waals surface area contributed by atoms with Gasteiger partial charge >= 0.3 is 17.9 Å². The maximum atomic E-state index is 12.3. The standard InChI is InChI=1S/C25H12O5/c1-10-13-6-14-15(7-18(13)23(26)29-10)22-12-5-3-2-4-11(12)21(14)16-8-19-20(9-17(16)22)25(28)30-24(19)27/h2-9,21-22H,1H2. The van der Waals surface area contributed by atoms with Crippen molar-refractivity contribution < 1.29 is 23.9 Å². The second kappa shape index (κ2) is 4.94. The summed E-state index contributed by atoms with van der Waals surface area (Å²) in [6, 6.07) is 15.7. The molecule has 2 bridgehead atoms. The highest BCUT2D eigenvalue weighted by molar-refractivity contribution is 6.15. The summed E-state index contributed by atoms with van der Waals surface area (Å²) >= 11 is 0. The molecular weight excluding hydrogens is 380 g/mol. The van der Waals surface area contributed by atoms with Gasteiger partial charge in [0.05, 0.1) is 16.7 Å². The van der Waals surface area contributed by atoms with Crippen molar-refractivity contribution in [3.8, 4) is 0 Å². The molecule has 2 heterocycles. The van der Waals surface area contributed by atoms with Crippen LogP contribution in [0.25, 0.3) is 5.76 Å². The first kappa shape index (κ1) is 15.9. The number of carbonyl (C=O) groups excluding carboxylic acids is 3. The molecule has 3 aromatic carbocycles. The first-order valence-corrected chi connectivity index (χ1v) is 9.65. The second-order valence-corrected chi connectivity index (χ2v) is 8.04. The minimum absolute atomic E-state index is 0.112. The average molecular weight is 392 g/mol. The van der Waals surface area contributed by atoms with Gasteiger partial charge in [-0.25, -0.2) is 14.4 Å². The van der Waals surface area contributed by atoms with E-state index in [-0.39, 0.29) is 11.8 Å². The van der Waals surface area contributed by atoms with Gasteiger partial charge in [0.15, 0.2) is 0 Å². The molecule has 3 aromatic rings. The van der Waals surface area contributed by atoms with Crippen LogP contribution in [0.5, 0.6) is 0 Å². The molecule has 3 aliphatic carbocycles. The molecule has 2 atom stereocenters. The van der Waals surface area contributed by atoms with Gasteiger partial charge in [-0.3, -0.25) is 0 Å². The maximum Gasteiger partial charge on any atom is 0.346 e. The van der Waals surface area contributed by atoms with Crippen molar-refractivity contribution >= 4 is 23.7 Å². The van der Waals surface area contributed by atoms with Crippen LogP contribution in [0.4, 0.5) is 0 Å². The predicted octanol–water partition coefficient (Wildman–Crippen LogP) is 4.13. The quantitative estimate of drug-likeness (QED) is 0.293. The van der Waals surface area contributed by atoms with Gasteiger partial charge < -0.3 is 9.47 Å². The van der Waals surface area contributed by atoms with E-state index < -0.39 is 17.9 Å². The van der Waals surface area contributed by atoms with Crippen LogP contribution < -0.4 is 0 Å². The fourth-order valence-corrected chi connectivity index (χ4v) is 5.46. The third kappa shape index (κ3) is 1.68. The number of hydrogen-bond acceptors (Lipinski definition) is 5. The lowest BCUT2D eigenvalue weighted by Crippen LogP contribution is -2.28. The van der Waals surface area contributed by atoms with E-state index >= 15 is 0 Å². The molecule has 0 aromatic heterocycles. The first-order chi connectivity index (χ1) is 14.5. The highest BCUT2D eigenvalue weighted by Crippen LogP contribution is 2.57. The first-order valence-electron chi connectivity index (χ1n) is 9.65. The van der Waals surface area contributed by atoms with Crippen LogP contribution in [0.15, 0.2) is 55.1 Å². The number of benzene rings is 3. The van der Waals surface area contributed by atoms with E-state index in [2.05, 4.69) is 18.7 Å². The van der Waals surface area contributed by atoms with Crippen LogP contribution in [0.2, 0.25) is 0 Å². The van der Waals surface area contributed by atoms with Gasteiger partial charge in [0.2, 0.25) is 0 Å². The van der Waals surface area contributed by atoms with E-state index in [1.807, 2.05) is 24.3 Å². The Kier molecular flexibility index (Phi) is 2.62. The topological polar surface area (TPSA) is 69.7 Å². The Hall–Kier alpha value is -3.99. The van der Waals surface area contributed by atoms with Crippen LogP contribution >= 0.6 is 0 Å². The van der Waals surface area contributed by atoms with Gasteiger partial charge in [-0.15, -0.1) is 0 Å². The predicted molar refractivity (Wildman–Crippen MR) is 105 cm³/mol. The highest BCUT2D eigenvalue weighted by atomic mass is 16.6. The molecule has 0 fully saturated rings. The number of carbonyl (C=O) groups is 3. The summed E-state index contributed by atoms with van der Waals surface area (Å²) in [5, 5.41) is 0. The number of rotatable bonds is 0. The molecular formula is C25H12O5. The molecule has 2 aliphatic heterocycles. The van der Waals surface area contributed by atoms with Crippen LogP contribution in [-0.2, 0) is 9.47 Å². The summed E-state index contributed by atoms with van der Waals surface area (Å²) in [5.41, 5.74) is 8.21. The number of cyclic esters (lactones) is 3. The van der Waals surface area contributed by atoms with E-state index in [4.69, 9.17) is 9.47 Å². The summed E-state index contributed by atoms with van der Waals surface area (Å²) in [6.45, 7) is 3.87. The van der Waals surface area contributed by atoms with Gasteiger partial charge in [-0.05, 0) is 57.6 Å². The van der Waals surface area contributed by atoms with Gasteiger partial charge in [0.1, 0.15) is 5.76 Å². The number of ether oxygens (including phenoxy) is 2. The molecule has 0 spiro atoms. The van der Waals surface area contributed by atoms with E-state index in [0.29, 0.717) is 28.0 Å². The van der Waals surface area contributed by atoms with Crippen LogP contribution in [0.1, 0.15) is 81.9 Å². The Morgan fingerprint density at radius 3 is 1.47 bits per heavy atom. The lowest BCUT2D eigenvalue weighted by Gasteiger charge is -2.42.